The zero-order valence-corrected chi connectivity index (χ0v) is 63.0. The summed E-state index contributed by atoms with van der Waals surface area (Å²) in [6, 6.07) is 55.1. The van der Waals surface area contributed by atoms with E-state index in [-0.39, 0.29) is 28.1 Å². The molecule has 0 aliphatic carbocycles. The Morgan fingerprint density at radius 2 is 0.583 bits per heavy atom. The van der Waals surface area contributed by atoms with Crippen molar-refractivity contribution in [2.45, 2.75) is 67.7 Å². The van der Waals surface area contributed by atoms with Crippen molar-refractivity contribution in [1.29, 1.82) is 0 Å². The van der Waals surface area contributed by atoms with E-state index in [1.807, 2.05) is 141 Å². The van der Waals surface area contributed by atoms with E-state index in [1.54, 1.807) is 70.4 Å². The number of hydrogen-bond acceptors (Lipinski definition) is 16. The molecule has 26 heteroatoms. The second-order valence-electron chi connectivity index (χ2n) is 26.1. The second-order valence-corrected chi connectivity index (χ2v) is 30.3. The number of rotatable bonds is 4. The number of nitrogens with zero attached hydrogens (tertiary/aromatic N) is 16. The van der Waals surface area contributed by atoms with Crippen LogP contribution < -0.4 is 18.7 Å². The van der Waals surface area contributed by atoms with Gasteiger partial charge in [0.05, 0.1) is 49.9 Å². The first kappa shape index (κ1) is 67.1. The Morgan fingerprint density at radius 3 is 0.963 bits per heavy atom. The van der Waals surface area contributed by atoms with E-state index in [2.05, 4.69) is 110 Å². The lowest BCUT2D eigenvalue weighted by Gasteiger charge is -2.10. The van der Waals surface area contributed by atoms with Crippen LogP contribution in [0.5, 0.6) is 0 Å². The molecule has 19 aromatic rings. The van der Waals surface area contributed by atoms with Gasteiger partial charge < -0.3 is 0 Å². The third-order valence-electron chi connectivity index (χ3n) is 19.1. The Hall–Kier alpha value is -11.6. The van der Waals surface area contributed by atoms with Crippen LogP contribution in [0.3, 0.4) is 0 Å². The van der Waals surface area contributed by atoms with Gasteiger partial charge in [-0.05, 0) is 165 Å². The Kier molecular flexibility index (Phi) is 17.0. The van der Waals surface area contributed by atoms with Crippen molar-refractivity contribution in [1.82, 2.24) is 60.3 Å². The van der Waals surface area contributed by atoms with Crippen molar-refractivity contribution in [2.24, 2.45) is 28.2 Å². The largest absolute Gasteiger partial charge is 0.441 e. The minimum atomic E-state index is -4.64. The van der Waals surface area contributed by atoms with Gasteiger partial charge in [-0.15, -0.1) is 45.3 Å². The lowest BCUT2D eigenvalue weighted by atomic mass is 10.1. The van der Waals surface area contributed by atoms with Crippen LogP contribution in [0.2, 0.25) is 0 Å². The summed E-state index contributed by atoms with van der Waals surface area (Å²) in [6.45, 7) is 11.2. The van der Waals surface area contributed by atoms with Gasteiger partial charge >= 0.3 is 12.4 Å². The van der Waals surface area contributed by atoms with Gasteiger partial charge in [0.1, 0.15) is 47.3 Å². The van der Waals surface area contributed by atoms with Gasteiger partial charge in [0.25, 0.3) is 22.8 Å². The molecule has 7 aromatic carbocycles. The summed E-state index contributed by atoms with van der Waals surface area (Å²) in [5.74, 6) is 0. The van der Waals surface area contributed by atoms with Crippen LogP contribution in [0.25, 0.3) is 160 Å². The highest BCUT2D eigenvalue weighted by Crippen LogP contribution is 2.45. The fourth-order valence-electron chi connectivity index (χ4n) is 13.9. The molecule has 0 spiro atoms. The normalized spacial score (nSPS) is 12.5. The minimum absolute atomic E-state index is 0.00422. The van der Waals surface area contributed by atoms with Crippen LogP contribution >= 0.6 is 45.3 Å². The summed E-state index contributed by atoms with van der Waals surface area (Å²) >= 11 is 6.62. The fourth-order valence-corrected chi connectivity index (χ4v) is 19.2. The van der Waals surface area contributed by atoms with Gasteiger partial charge in [-0.25, -0.2) is 39.9 Å². The number of aryl methyl sites for hydroxylation is 12. The maximum absolute atomic E-state index is 13.7. The van der Waals surface area contributed by atoms with Crippen molar-refractivity contribution < 1.29 is 49.2 Å². The predicted molar refractivity (Wildman–Crippen MR) is 418 cm³/mol. The third kappa shape index (κ3) is 12.4. The summed E-state index contributed by atoms with van der Waals surface area (Å²) < 4.78 is 116. The first-order valence-electron chi connectivity index (χ1n) is 35.5. The van der Waals surface area contributed by atoms with Crippen molar-refractivity contribution in [3.63, 3.8) is 0 Å². The van der Waals surface area contributed by atoms with Crippen LogP contribution in [-0.4, -0.2) is 60.3 Å². The molecule has 0 unspecified atom stereocenters. The molecule has 0 N–H and O–H groups in total. The molecule has 0 fully saturated rings. The second kappa shape index (κ2) is 27.3. The number of aromatic nitrogens is 16. The highest BCUT2D eigenvalue weighted by atomic mass is 32.1. The summed E-state index contributed by atoms with van der Waals surface area (Å²) in [5, 5.41) is 22.0. The highest BCUT2D eigenvalue weighted by molar-refractivity contribution is 7.23. The Balaban J connectivity index is 0.000000112. The van der Waals surface area contributed by atoms with E-state index in [0.29, 0.717) is 44.4 Å². The molecule has 0 aliphatic rings. The number of hydrogen-bond donors (Lipinski definition) is 0. The van der Waals surface area contributed by atoms with Crippen molar-refractivity contribution in [3.05, 3.63) is 226 Å². The van der Waals surface area contributed by atoms with E-state index in [9.17, 15) is 26.3 Å². The van der Waals surface area contributed by atoms with Crippen LogP contribution in [0.1, 0.15) is 60.3 Å². The molecule has 12 aromatic heterocycles. The lowest BCUT2D eigenvalue weighted by molar-refractivity contribution is -0.720. The Bertz CT molecular complexity index is 6840. The van der Waals surface area contributed by atoms with Gasteiger partial charge in [0.15, 0.2) is 44.9 Å². The maximum Gasteiger partial charge on any atom is 0.441 e. The van der Waals surface area contributed by atoms with Crippen LogP contribution in [0.15, 0.2) is 170 Å². The van der Waals surface area contributed by atoms with Crippen molar-refractivity contribution in [2.75, 3.05) is 0 Å². The molecule has 108 heavy (non-hydrogen) atoms. The van der Waals surface area contributed by atoms with Crippen LogP contribution in [-0.2, 0) is 40.5 Å². The maximum atomic E-state index is 13.7. The Labute approximate surface area is 632 Å². The predicted octanol–water partition coefficient (Wildman–Crippen LogP) is 18.9. The number of alkyl halides is 6. The summed E-state index contributed by atoms with van der Waals surface area (Å²) in [4.78, 5) is 40.0. The SMILES string of the molecule is Cc1c(-c2c(C)c3nc4ccccc4nc3n[n+]2C)sc2ccccc12.Cc1c(-c2c3nc4ccccc4nc3c(C(F)(F)F)n[n+]2C)sc2ccccc12.Cc1nc2c(C)c(-c3sc4ccccc4c3C)[n+](C)nc2nc1C(F)(F)F.[2H]C([2H])([2H])c1n[n+](C)c(-c2sc3ccccc3c2C)c2nc3ccccc3nc12. The molecule has 19 rings (SSSR count). The van der Waals surface area contributed by atoms with E-state index < -0.39 is 30.6 Å². The van der Waals surface area contributed by atoms with E-state index >= 15 is 0 Å². The summed E-state index contributed by atoms with van der Waals surface area (Å²) in [5.41, 5.74) is 14.4. The summed E-state index contributed by atoms with van der Waals surface area (Å²) in [7, 11) is 7.00. The van der Waals surface area contributed by atoms with Gasteiger partial charge in [0, 0.05) is 38.2 Å². The lowest BCUT2D eigenvalue weighted by Crippen LogP contribution is -2.39. The van der Waals surface area contributed by atoms with Gasteiger partial charge in [-0.1, -0.05) is 128 Å². The van der Waals surface area contributed by atoms with E-state index in [0.717, 1.165) is 102 Å². The topological polar surface area (TPSA) is 170 Å². The molecule has 0 atom stereocenters. The van der Waals surface area contributed by atoms with Crippen LogP contribution in [0, 0.1) is 55.3 Å². The number of benzene rings is 7. The number of thiophene rings is 4. The summed E-state index contributed by atoms with van der Waals surface area (Å²) in [6.07, 6.45) is -9.19. The van der Waals surface area contributed by atoms with Gasteiger partial charge in [0.2, 0.25) is 17.0 Å². The number of fused-ring (bicyclic) bond motifs is 11. The molecule has 0 saturated carbocycles. The molecule has 0 aliphatic heterocycles. The molecule has 0 saturated heterocycles. The zero-order valence-electron chi connectivity index (χ0n) is 62.7. The van der Waals surface area contributed by atoms with Gasteiger partial charge in [-0.3, -0.25) is 0 Å². The molecule has 0 bridgehead atoms. The quantitative estimate of drug-likeness (QED) is 0.0929. The van der Waals surface area contributed by atoms with E-state index in [1.165, 1.54) is 60.6 Å². The van der Waals surface area contributed by atoms with E-state index in [4.69, 9.17) is 24.2 Å². The monoisotopic (exact) mass is 1520 g/mol. The Morgan fingerprint density at radius 1 is 0.287 bits per heavy atom. The van der Waals surface area contributed by atoms with Crippen molar-refractivity contribution >= 4 is 163 Å². The molecular weight excluding hydrogens is 1450 g/mol. The van der Waals surface area contributed by atoms with Gasteiger partial charge in [-0.2, -0.15) is 26.3 Å². The standard InChI is InChI=1S/C21H14F3N4S.2C21H17N4S.C19H16F3N4S/c1-11-12-7-3-6-10-15(12)29-19(11)18-16-17(20(21(22,23)24)27-28(18)2)26-14-9-5-4-8-13(14)25-16;1-12-14-8-4-7-11-17(14)26-21(12)20-19-18(13(2)24-25(20)3)22-15-9-5-6-10-16(15)23-19;1-12-14-8-4-7-11-17(14)26-20(12)19-13(2)18-21(24-25(19)3)23-16-10-6-5-9-15(16)22-18;1-9-12-7-5-6-8-13(12)27-16(9)15-10(2)14-18(25-26(15)4)24-17(11(3)23-14)19(20,21)22/h3-10H,1-2H3;2*4-11H,1-3H3;5-8H,1-4H3/q4*+1/i;2D3;;. The smallest absolute Gasteiger partial charge is 0.247 e. The third-order valence-corrected chi connectivity index (χ3v) is 24.2. The first-order chi connectivity index (χ1) is 53.0. The molecule has 0 amide bonds. The average Bonchev–Trinajstić information content (AvgIpc) is 1.71. The molecule has 16 nitrogen and oxygen atoms in total. The zero-order chi connectivity index (χ0) is 78.0. The number of halogens is 6. The first-order valence-corrected chi connectivity index (χ1v) is 37.3. The molecular formula is C82H64F6N16S4+4. The molecule has 534 valence electrons. The minimum Gasteiger partial charge on any atom is -0.247 e. The molecule has 0 radical (unpaired) electrons. The van der Waals surface area contributed by atoms with Crippen molar-refractivity contribution in [3.8, 4) is 42.3 Å². The van der Waals surface area contributed by atoms with Crippen LogP contribution in [0.4, 0.5) is 26.3 Å². The molecule has 12 heterocycles. The highest BCUT2D eigenvalue weighted by Gasteiger charge is 2.42. The average molecular weight is 1520 g/mol. The fraction of sp³-hybridized carbons (Fsp3) is 0.171. The number of para-hydroxylation sites is 6.